The second-order valence-electron chi connectivity index (χ2n) is 9.33. The average molecular weight is 486 g/mol. The van der Waals surface area contributed by atoms with Gasteiger partial charge in [-0.1, -0.05) is 25.0 Å². The fourth-order valence-corrected chi connectivity index (χ4v) is 5.21. The lowest BCUT2D eigenvalue weighted by molar-refractivity contribution is -0.129. The molecule has 6 nitrogen and oxygen atoms in total. The lowest BCUT2D eigenvalue weighted by Gasteiger charge is -2.40. The van der Waals surface area contributed by atoms with E-state index in [0.29, 0.717) is 38.6 Å². The van der Waals surface area contributed by atoms with Crippen molar-refractivity contribution in [2.45, 2.75) is 38.1 Å². The molecule has 0 bridgehead atoms. The Bertz CT molecular complexity index is 1020. The molecule has 4 rings (SSSR count). The predicted octanol–water partition coefficient (Wildman–Crippen LogP) is 3.65. The van der Waals surface area contributed by atoms with Gasteiger partial charge in [0.05, 0.1) is 18.7 Å². The molecule has 0 radical (unpaired) electrons. The van der Waals surface area contributed by atoms with Gasteiger partial charge >= 0.3 is 0 Å². The number of amides is 2. The van der Waals surface area contributed by atoms with Crippen LogP contribution in [-0.4, -0.2) is 67.5 Å². The van der Waals surface area contributed by atoms with Crippen LogP contribution >= 0.6 is 0 Å². The van der Waals surface area contributed by atoms with Crippen molar-refractivity contribution in [1.29, 1.82) is 0 Å². The molecule has 1 heterocycles. The van der Waals surface area contributed by atoms with Crippen molar-refractivity contribution < 1.29 is 23.1 Å². The Morgan fingerprint density at radius 2 is 1.71 bits per heavy atom. The molecule has 1 N–H and O–H groups in total. The van der Waals surface area contributed by atoms with Gasteiger partial charge in [-0.2, -0.15) is 0 Å². The van der Waals surface area contributed by atoms with Crippen LogP contribution in [-0.2, 0) is 11.2 Å². The van der Waals surface area contributed by atoms with Crippen LogP contribution in [0, 0.1) is 17.6 Å². The highest BCUT2D eigenvalue weighted by Crippen LogP contribution is 2.31. The van der Waals surface area contributed by atoms with Gasteiger partial charge in [-0.25, -0.2) is 8.78 Å². The number of carbonyl (C=O) groups excluding carboxylic acids is 2. The van der Waals surface area contributed by atoms with Gasteiger partial charge in [0.2, 0.25) is 5.91 Å². The Balaban J connectivity index is 1.34. The highest BCUT2D eigenvalue weighted by molar-refractivity contribution is 5.94. The molecule has 0 spiro atoms. The van der Waals surface area contributed by atoms with Gasteiger partial charge in [0.15, 0.2) is 0 Å². The molecule has 1 atom stereocenters. The molecule has 1 saturated carbocycles. The fraction of sp³-hybridized carbons (Fsp3) is 0.481. The van der Waals surface area contributed by atoms with E-state index in [1.807, 2.05) is 24.3 Å². The largest absolute Gasteiger partial charge is 0.497 e. The monoisotopic (exact) mass is 485 g/mol. The van der Waals surface area contributed by atoms with Crippen molar-refractivity contribution in [3.05, 3.63) is 65.2 Å². The van der Waals surface area contributed by atoms with Gasteiger partial charge in [-0.15, -0.1) is 0 Å². The first-order valence-corrected chi connectivity index (χ1v) is 12.4. The molecule has 2 amide bonds. The molecule has 2 aromatic carbocycles. The quantitative estimate of drug-likeness (QED) is 0.620. The number of carbonyl (C=O) groups is 2. The number of methoxy groups -OCH3 is 1. The number of hydrogen-bond donors (Lipinski definition) is 1. The van der Waals surface area contributed by atoms with E-state index in [4.69, 9.17) is 4.74 Å². The summed E-state index contributed by atoms with van der Waals surface area (Å²) in [6.07, 6.45) is 5.04. The van der Waals surface area contributed by atoms with Gasteiger partial charge in [0, 0.05) is 38.8 Å². The zero-order valence-corrected chi connectivity index (χ0v) is 20.1. The van der Waals surface area contributed by atoms with Crippen LogP contribution < -0.4 is 10.1 Å². The van der Waals surface area contributed by atoms with E-state index in [9.17, 15) is 18.4 Å². The summed E-state index contributed by atoms with van der Waals surface area (Å²) in [6.45, 7) is 2.44. The number of nitrogens with zero attached hydrogens (tertiary/aromatic N) is 2. The molecule has 1 aliphatic heterocycles. The topological polar surface area (TPSA) is 61.9 Å². The van der Waals surface area contributed by atoms with Gasteiger partial charge in [-0.3, -0.25) is 14.5 Å². The number of halogens is 2. The summed E-state index contributed by atoms with van der Waals surface area (Å²) >= 11 is 0. The maximum absolute atomic E-state index is 14.1. The van der Waals surface area contributed by atoms with E-state index in [-0.39, 0.29) is 17.5 Å². The molecule has 2 aliphatic rings. The predicted molar refractivity (Wildman–Crippen MR) is 129 cm³/mol. The third kappa shape index (κ3) is 6.17. The smallest absolute Gasteiger partial charge is 0.256 e. The minimum atomic E-state index is -0.850. The first-order chi connectivity index (χ1) is 17.0. The van der Waals surface area contributed by atoms with E-state index >= 15 is 0 Å². The summed E-state index contributed by atoms with van der Waals surface area (Å²) in [5.41, 5.74) is 1.01. The molecule has 188 valence electrons. The molecule has 2 fully saturated rings. The molecule has 1 aliphatic carbocycles. The summed E-state index contributed by atoms with van der Waals surface area (Å²) < 4.78 is 32.5. The van der Waals surface area contributed by atoms with Gasteiger partial charge in [0.1, 0.15) is 17.4 Å². The van der Waals surface area contributed by atoms with Crippen molar-refractivity contribution in [2.24, 2.45) is 5.92 Å². The molecule has 2 aromatic rings. The number of piperazine rings is 1. The Labute approximate surface area is 205 Å². The fourth-order valence-electron chi connectivity index (χ4n) is 5.21. The van der Waals surface area contributed by atoms with Crippen molar-refractivity contribution in [3.63, 3.8) is 0 Å². The number of nitrogens with one attached hydrogen (secondary N) is 1. The molecule has 1 saturated heterocycles. The van der Waals surface area contributed by atoms with Gasteiger partial charge in [-0.05, 0) is 55.0 Å². The first kappa shape index (κ1) is 25.1. The third-order valence-corrected chi connectivity index (χ3v) is 7.14. The van der Waals surface area contributed by atoms with E-state index in [1.54, 1.807) is 12.0 Å². The van der Waals surface area contributed by atoms with Crippen LogP contribution in [0.4, 0.5) is 8.78 Å². The number of benzene rings is 2. The normalized spacial score (nSPS) is 17.9. The summed E-state index contributed by atoms with van der Waals surface area (Å²) in [5.74, 6) is -0.858. The SMILES string of the molecule is COc1ccc(CCNC(=O)C(C2CCCC2)N2CCN(C(=O)c3ccc(F)cc3F)CC2)cc1. The Morgan fingerprint density at radius 3 is 2.34 bits per heavy atom. The summed E-state index contributed by atoms with van der Waals surface area (Å²) in [4.78, 5) is 29.8. The molecular formula is C27H33F2N3O3. The van der Waals surface area contributed by atoms with Crippen molar-refractivity contribution >= 4 is 11.8 Å². The van der Waals surface area contributed by atoms with Crippen LogP contribution in [0.2, 0.25) is 0 Å². The minimum absolute atomic E-state index is 0.0368. The van der Waals surface area contributed by atoms with Crippen LogP contribution in [0.1, 0.15) is 41.6 Å². The van der Waals surface area contributed by atoms with E-state index in [0.717, 1.165) is 55.5 Å². The zero-order valence-electron chi connectivity index (χ0n) is 20.1. The van der Waals surface area contributed by atoms with Crippen LogP contribution in [0.5, 0.6) is 5.75 Å². The van der Waals surface area contributed by atoms with Crippen LogP contribution in [0.25, 0.3) is 0 Å². The maximum Gasteiger partial charge on any atom is 0.256 e. The Morgan fingerprint density at radius 1 is 1.03 bits per heavy atom. The first-order valence-electron chi connectivity index (χ1n) is 12.4. The second kappa shape index (κ2) is 11.6. The molecule has 0 aromatic heterocycles. The number of ether oxygens (including phenoxy) is 1. The van der Waals surface area contributed by atoms with Crippen molar-refractivity contribution in [1.82, 2.24) is 15.1 Å². The van der Waals surface area contributed by atoms with Crippen molar-refractivity contribution in [2.75, 3.05) is 39.8 Å². The average Bonchev–Trinajstić information content (AvgIpc) is 3.39. The summed E-state index contributed by atoms with van der Waals surface area (Å²) in [7, 11) is 1.63. The van der Waals surface area contributed by atoms with Gasteiger partial charge in [0.25, 0.3) is 5.91 Å². The molecule has 35 heavy (non-hydrogen) atoms. The van der Waals surface area contributed by atoms with E-state index in [1.165, 1.54) is 6.07 Å². The molecule has 1 unspecified atom stereocenters. The second-order valence-corrected chi connectivity index (χ2v) is 9.33. The highest BCUT2D eigenvalue weighted by Gasteiger charge is 2.37. The standard InChI is InChI=1S/C27H33F2N3O3/c1-35-22-9-6-19(7-10-22)12-13-30-26(33)25(20-4-2-3-5-20)31-14-16-32(17-15-31)27(34)23-11-8-21(28)18-24(23)29/h6-11,18,20,25H,2-5,12-17H2,1H3,(H,30,33). The molecule has 8 heteroatoms. The molecular weight excluding hydrogens is 452 g/mol. The summed E-state index contributed by atoms with van der Waals surface area (Å²) in [5, 5.41) is 3.13. The zero-order chi connectivity index (χ0) is 24.8. The van der Waals surface area contributed by atoms with Crippen LogP contribution in [0.15, 0.2) is 42.5 Å². The lowest BCUT2D eigenvalue weighted by Crippen LogP contribution is -2.58. The minimum Gasteiger partial charge on any atom is -0.497 e. The third-order valence-electron chi connectivity index (χ3n) is 7.14. The van der Waals surface area contributed by atoms with E-state index < -0.39 is 17.5 Å². The highest BCUT2D eigenvalue weighted by atomic mass is 19.1. The summed E-state index contributed by atoms with van der Waals surface area (Å²) in [6, 6.07) is 10.6. The van der Waals surface area contributed by atoms with Crippen LogP contribution in [0.3, 0.4) is 0 Å². The lowest BCUT2D eigenvalue weighted by atomic mass is 9.94. The maximum atomic E-state index is 14.1. The van der Waals surface area contributed by atoms with Gasteiger partial charge < -0.3 is 15.0 Å². The van der Waals surface area contributed by atoms with E-state index in [2.05, 4.69) is 10.2 Å². The number of hydrogen-bond acceptors (Lipinski definition) is 4. The Kier molecular flexibility index (Phi) is 8.33. The Hall–Kier alpha value is -3.00. The number of rotatable bonds is 8. The van der Waals surface area contributed by atoms with Crippen molar-refractivity contribution in [3.8, 4) is 5.75 Å².